The van der Waals surface area contributed by atoms with Crippen molar-refractivity contribution in [3.05, 3.63) is 54.1 Å². The van der Waals surface area contributed by atoms with Gasteiger partial charge >= 0.3 is 5.97 Å². The Morgan fingerprint density at radius 3 is 2.48 bits per heavy atom. The van der Waals surface area contributed by atoms with E-state index in [1.807, 2.05) is 0 Å². The van der Waals surface area contributed by atoms with Crippen LogP contribution in [0.1, 0.15) is 11.5 Å². The van der Waals surface area contributed by atoms with Gasteiger partial charge in [0.25, 0.3) is 0 Å². The fraction of sp³-hybridized carbons (Fsp3) is 0.235. The average Bonchev–Trinajstić information content (AvgIpc) is 3.01. The van der Waals surface area contributed by atoms with Crippen molar-refractivity contribution < 1.29 is 27.8 Å². The van der Waals surface area contributed by atoms with E-state index in [-0.39, 0.29) is 11.7 Å². The van der Waals surface area contributed by atoms with Crippen LogP contribution in [0.4, 0.5) is 0 Å². The summed E-state index contributed by atoms with van der Waals surface area (Å²) in [5, 5.41) is 8.32. The van der Waals surface area contributed by atoms with Crippen LogP contribution < -0.4 is 15.2 Å². The summed E-state index contributed by atoms with van der Waals surface area (Å²) in [6, 6.07) is 12.6. The SMILES string of the molecule is N[C@]1(C(=O)O)[C@@H](c2ccc3c(c2)OCO3)[C@@H]1S(=O)(=O)c1ccccc1. The average molecular weight is 361 g/mol. The highest BCUT2D eigenvalue weighted by Gasteiger charge is 2.74. The van der Waals surface area contributed by atoms with E-state index in [0.717, 1.165) is 0 Å². The Kier molecular flexibility index (Phi) is 3.32. The van der Waals surface area contributed by atoms with Crippen molar-refractivity contribution in [2.75, 3.05) is 6.79 Å². The van der Waals surface area contributed by atoms with Crippen LogP contribution >= 0.6 is 0 Å². The zero-order valence-electron chi connectivity index (χ0n) is 13.0. The lowest BCUT2D eigenvalue weighted by Crippen LogP contribution is -2.39. The number of hydrogen-bond donors (Lipinski definition) is 2. The lowest BCUT2D eigenvalue weighted by molar-refractivity contribution is -0.139. The minimum absolute atomic E-state index is 0.0549. The molecule has 2 aromatic carbocycles. The number of aliphatic carboxylic acids is 1. The Morgan fingerprint density at radius 1 is 1.12 bits per heavy atom. The number of sulfone groups is 1. The molecule has 25 heavy (non-hydrogen) atoms. The molecule has 3 atom stereocenters. The molecule has 0 unspecified atom stereocenters. The van der Waals surface area contributed by atoms with Crippen molar-refractivity contribution in [2.24, 2.45) is 5.73 Å². The Labute approximate surface area is 143 Å². The zero-order chi connectivity index (χ0) is 17.8. The van der Waals surface area contributed by atoms with Gasteiger partial charge in [0, 0.05) is 5.92 Å². The van der Waals surface area contributed by atoms with Gasteiger partial charge in [-0.15, -0.1) is 0 Å². The van der Waals surface area contributed by atoms with E-state index in [2.05, 4.69) is 0 Å². The summed E-state index contributed by atoms with van der Waals surface area (Å²) >= 11 is 0. The standard InChI is InChI=1S/C17H15NO6S/c18-17(16(19)20)14(10-6-7-12-13(8-10)24-9-23-12)15(17)25(21,22)11-4-2-1-3-5-11/h1-8,14-15H,9,18H2,(H,19,20)/t14-,15-,17+/m0/s1. The van der Waals surface area contributed by atoms with Crippen molar-refractivity contribution in [3.8, 4) is 11.5 Å². The molecular weight excluding hydrogens is 346 g/mol. The van der Waals surface area contributed by atoms with Gasteiger partial charge in [0.05, 0.1) is 4.90 Å². The van der Waals surface area contributed by atoms with Gasteiger partial charge in [0.2, 0.25) is 6.79 Å². The topological polar surface area (TPSA) is 116 Å². The largest absolute Gasteiger partial charge is 0.480 e. The van der Waals surface area contributed by atoms with Crippen molar-refractivity contribution >= 4 is 15.8 Å². The normalized spacial score (nSPS) is 27.1. The number of benzene rings is 2. The minimum atomic E-state index is -3.91. The van der Waals surface area contributed by atoms with E-state index in [4.69, 9.17) is 15.2 Å². The first kappa shape index (κ1) is 15.9. The first-order valence-corrected chi connectivity index (χ1v) is 9.12. The molecule has 0 radical (unpaired) electrons. The fourth-order valence-electron chi connectivity index (χ4n) is 3.38. The Bertz CT molecular complexity index is 958. The summed E-state index contributed by atoms with van der Waals surface area (Å²) in [4.78, 5) is 11.8. The number of hydrogen-bond acceptors (Lipinski definition) is 6. The molecular formula is C17H15NO6S. The molecule has 0 aromatic heterocycles. The second-order valence-electron chi connectivity index (χ2n) is 6.11. The second-order valence-corrected chi connectivity index (χ2v) is 8.18. The molecule has 2 aromatic rings. The maximum Gasteiger partial charge on any atom is 0.325 e. The molecule has 0 spiro atoms. The number of carboxylic acids is 1. The van der Waals surface area contributed by atoms with Crippen LogP contribution in [-0.4, -0.2) is 37.1 Å². The summed E-state index contributed by atoms with van der Waals surface area (Å²) < 4.78 is 36.4. The maximum absolute atomic E-state index is 12.9. The van der Waals surface area contributed by atoms with Gasteiger partial charge in [-0.05, 0) is 29.8 Å². The molecule has 8 heteroatoms. The Hall–Kier alpha value is -2.58. The lowest BCUT2D eigenvalue weighted by Gasteiger charge is -2.06. The third kappa shape index (κ3) is 2.21. The monoisotopic (exact) mass is 361 g/mol. The molecule has 0 saturated heterocycles. The molecule has 1 fully saturated rings. The Morgan fingerprint density at radius 2 is 1.80 bits per heavy atom. The highest BCUT2D eigenvalue weighted by molar-refractivity contribution is 7.92. The third-order valence-electron chi connectivity index (χ3n) is 4.71. The molecule has 4 rings (SSSR count). The summed E-state index contributed by atoms with van der Waals surface area (Å²) in [7, 11) is -3.91. The molecule has 1 aliphatic carbocycles. The van der Waals surface area contributed by atoms with E-state index < -0.39 is 32.5 Å². The molecule has 3 N–H and O–H groups in total. The predicted octanol–water partition coefficient (Wildman–Crippen LogP) is 1.14. The van der Waals surface area contributed by atoms with Crippen molar-refractivity contribution in [1.29, 1.82) is 0 Å². The zero-order valence-corrected chi connectivity index (χ0v) is 13.8. The summed E-state index contributed by atoms with van der Waals surface area (Å²) in [6.45, 7) is 0.0713. The molecule has 1 heterocycles. The van der Waals surface area contributed by atoms with Gasteiger partial charge in [-0.25, -0.2) is 8.42 Å². The van der Waals surface area contributed by atoms with E-state index >= 15 is 0 Å². The quantitative estimate of drug-likeness (QED) is 0.839. The van der Waals surface area contributed by atoms with Crippen LogP contribution in [0.2, 0.25) is 0 Å². The fourth-order valence-corrected chi connectivity index (χ4v) is 5.63. The van der Waals surface area contributed by atoms with Gasteiger partial charge < -0.3 is 20.3 Å². The van der Waals surface area contributed by atoms with Gasteiger partial charge in [-0.1, -0.05) is 24.3 Å². The first-order valence-electron chi connectivity index (χ1n) is 7.57. The van der Waals surface area contributed by atoms with E-state index in [1.165, 1.54) is 12.1 Å². The van der Waals surface area contributed by atoms with Crippen LogP contribution in [0, 0.1) is 0 Å². The number of carbonyl (C=O) groups is 1. The van der Waals surface area contributed by atoms with Gasteiger partial charge in [0.1, 0.15) is 10.8 Å². The predicted molar refractivity (Wildman–Crippen MR) is 87.3 cm³/mol. The maximum atomic E-state index is 12.9. The number of carboxylic acid groups (broad SMARTS) is 1. The van der Waals surface area contributed by atoms with Gasteiger partial charge in [-0.2, -0.15) is 0 Å². The minimum Gasteiger partial charge on any atom is -0.480 e. The molecule has 130 valence electrons. The molecule has 0 amide bonds. The molecule has 0 bridgehead atoms. The van der Waals surface area contributed by atoms with Crippen LogP contribution in [-0.2, 0) is 14.6 Å². The van der Waals surface area contributed by atoms with Crippen molar-refractivity contribution in [1.82, 2.24) is 0 Å². The molecule has 7 nitrogen and oxygen atoms in total. The number of fused-ring (bicyclic) bond motifs is 1. The van der Waals surface area contributed by atoms with Crippen LogP contribution in [0.15, 0.2) is 53.4 Å². The summed E-state index contributed by atoms with van der Waals surface area (Å²) in [5.74, 6) is -1.23. The van der Waals surface area contributed by atoms with E-state index in [9.17, 15) is 18.3 Å². The highest BCUT2D eigenvalue weighted by atomic mass is 32.2. The summed E-state index contributed by atoms with van der Waals surface area (Å²) in [6.07, 6.45) is 0. The lowest BCUT2D eigenvalue weighted by atomic mass is 10.1. The molecule has 1 aliphatic heterocycles. The molecule has 2 aliphatic rings. The Balaban J connectivity index is 1.78. The smallest absolute Gasteiger partial charge is 0.325 e. The van der Waals surface area contributed by atoms with E-state index in [0.29, 0.717) is 17.1 Å². The number of nitrogens with two attached hydrogens (primary N) is 1. The second kappa shape index (κ2) is 5.21. The number of ether oxygens (including phenoxy) is 2. The van der Waals surface area contributed by atoms with Crippen molar-refractivity contribution in [2.45, 2.75) is 21.6 Å². The number of rotatable bonds is 4. The third-order valence-corrected chi connectivity index (χ3v) is 6.97. The highest BCUT2D eigenvalue weighted by Crippen LogP contribution is 2.56. The van der Waals surface area contributed by atoms with Gasteiger partial charge in [-0.3, -0.25) is 4.79 Å². The van der Waals surface area contributed by atoms with E-state index in [1.54, 1.807) is 36.4 Å². The van der Waals surface area contributed by atoms with Crippen LogP contribution in [0.25, 0.3) is 0 Å². The summed E-state index contributed by atoms with van der Waals surface area (Å²) in [5.41, 5.74) is 4.64. The van der Waals surface area contributed by atoms with Gasteiger partial charge in [0.15, 0.2) is 21.3 Å². The first-order chi connectivity index (χ1) is 11.9. The molecule has 1 saturated carbocycles. The van der Waals surface area contributed by atoms with Crippen LogP contribution in [0.5, 0.6) is 11.5 Å². The van der Waals surface area contributed by atoms with Crippen LogP contribution in [0.3, 0.4) is 0 Å². The van der Waals surface area contributed by atoms with Crippen molar-refractivity contribution in [3.63, 3.8) is 0 Å².